The van der Waals surface area contributed by atoms with Crippen molar-refractivity contribution in [3.8, 4) is 11.5 Å². The van der Waals surface area contributed by atoms with Crippen LogP contribution in [0.5, 0.6) is 11.5 Å². The van der Waals surface area contributed by atoms with E-state index in [1.165, 1.54) is 11.1 Å². The predicted octanol–water partition coefficient (Wildman–Crippen LogP) is 5.82. The fourth-order valence-electron chi connectivity index (χ4n) is 3.33. The van der Waals surface area contributed by atoms with Crippen LogP contribution in [-0.4, -0.2) is 11.5 Å². The SMILES string of the molecule is Cc1cc(OCP=O)cc(C)c1Cc1ccc(O)c(Cc2ccccc2)c1. The molecule has 0 saturated carbocycles. The molecule has 0 aliphatic heterocycles. The maximum Gasteiger partial charge on any atom is 0.197 e. The van der Waals surface area contributed by atoms with Gasteiger partial charge in [-0.05, 0) is 71.8 Å². The summed E-state index contributed by atoms with van der Waals surface area (Å²) in [6.07, 6.45) is 1.67. The molecule has 0 heterocycles. The van der Waals surface area contributed by atoms with Gasteiger partial charge in [0.1, 0.15) is 11.5 Å². The van der Waals surface area contributed by atoms with Crippen molar-refractivity contribution in [3.63, 3.8) is 0 Å². The Morgan fingerprint density at radius 2 is 1.59 bits per heavy atom. The van der Waals surface area contributed by atoms with E-state index in [-0.39, 0.29) is 14.8 Å². The lowest BCUT2D eigenvalue weighted by Crippen LogP contribution is -1.99. The Hall–Kier alpha value is -2.64. The van der Waals surface area contributed by atoms with Gasteiger partial charge in [0.25, 0.3) is 0 Å². The van der Waals surface area contributed by atoms with Gasteiger partial charge in [-0.2, -0.15) is 0 Å². The van der Waals surface area contributed by atoms with E-state index in [2.05, 4.69) is 32.0 Å². The molecule has 0 bridgehead atoms. The molecule has 0 radical (unpaired) electrons. The van der Waals surface area contributed by atoms with Crippen LogP contribution in [0.1, 0.15) is 33.4 Å². The number of hydrogen-bond donors (Lipinski definition) is 1. The summed E-state index contributed by atoms with van der Waals surface area (Å²) in [5, 5.41) is 10.2. The first-order valence-corrected chi connectivity index (χ1v) is 9.93. The zero-order chi connectivity index (χ0) is 19.2. The Bertz CT molecular complexity index is 913. The number of benzene rings is 3. The third-order valence-electron chi connectivity index (χ3n) is 4.72. The molecular weight excluding hydrogens is 355 g/mol. The number of phenols is 1. The van der Waals surface area contributed by atoms with Crippen molar-refractivity contribution in [1.82, 2.24) is 0 Å². The van der Waals surface area contributed by atoms with Gasteiger partial charge in [0.05, 0.1) is 0 Å². The van der Waals surface area contributed by atoms with Crippen LogP contribution >= 0.6 is 8.46 Å². The molecule has 0 aliphatic carbocycles. The topological polar surface area (TPSA) is 46.5 Å². The van der Waals surface area contributed by atoms with Gasteiger partial charge in [-0.3, -0.25) is 4.57 Å². The lowest BCUT2D eigenvalue weighted by atomic mass is 9.93. The van der Waals surface area contributed by atoms with Crippen LogP contribution in [0.4, 0.5) is 0 Å². The van der Waals surface area contributed by atoms with E-state index in [9.17, 15) is 9.67 Å². The van der Waals surface area contributed by atoms with Crippen molar-refractivity contribution in [2.45, 2.75) is 26.7 Å². The van der Waals surface area contributed by atoms with Crippen LogP contribution in [0.25, 0.3) is 0 Å². The molecule has 3 rings (SSSR count). The number of aromatic hydroxyl groups is 1. The fraction of sp³-hybridized carbons (Fsp3) is 0.217. The second kappa shape index (κ2) is 8.83. The highest BCUT2D eigenvalue weighted by Gasteiger charge is 2.10. The van der Waals surface area contributed by atoms with E-state index in [0.717, 1.165) is 34.4 Å². The largest absolute Gasteiger partial charge is 0.508 e. The summed E-state index contributed by atoms with van der Waals surface area (Å²) in [6.45, 7) is 4.13. The minimum atomic E-state index is -0.0181. The Morgan fingerprint density at radius 1 is 0.889 bits per heavy atom. The monoisotopic (exact) mass is 378 g/mol. The summed E-state index contributed by atoms with van der Waals surface area (Å²) in [7, 11) is -0.0181. The van der Waals surface area contributed by atoms with E-state index in [1.807, 2.05) is 36.4 Å². The van der Waals surface area contributed by atoms with Crippen molar-refractivity contribution in [2.75, 3.05) is 6.35 Å². The number of ether oxygens (including phenoxy) is 1. The lowest BCUT2D eigenvalue weighted by Gasteiger charge is -2.14. The maximum atomic E-state index is 10.6. The molecule has 0 aliphatic rings. The first-order valence-electron chi connectivity index (χ1n) is 8.93. The molecule has 0 aromatic heterocycles. The average Bonchev–Trinajstić information content (AvgIpc) is 2.66. The first-order chi connectivity index (χ1) is 13.1. The number of rotatable bonds is 7. The zero-order valence-electron chi connectivity index (χ0n) is 15.6. The van der Waals surface area contributed by atoms with E-state index in [4.69, 9.17) is 4.74 Å². The molecule has 0 unspecified atom stereocenters. The molecular formula is C23H23O3P. The van der Waals surface area contributed by atoms with Gasteiger partial charge in [0.2, 0.25) is 0 Å². The van der Waals surface area contributed by atoms with Crippen LogP contribution in [-0.2, 0) is 17.4 Å². The smallest absolute Gasteiger partial charge is 0.197 e. The van der Waals surface area contributed by atoms with Crippen molar-refractivity contribution in [2.24, 2.45) is 0 Å². The molecule has 3 aromatic rings. The summed E-state index contributed by atoms with van der Waals surface area (Å²) in [5.74, 6) is 1.07. The van der Waals surface area contributed by atoms with Crippen molar-refractivity contribution >= 4 is 8.46 Å². The van der Waals surface area contributed by atoms with E-state index < -0.39 is 0 Å². The molecule has 3 nitrogen and oxygen atoms in total. The average molecular weight is 378 g/mol. The zero-order valence-corrected chi connectivity index (χ0v) is 16.5. The van der Waals surface area contributed by atoms with Crippen molar-refractivity contribution < 1.29 is 14.4 Å². The minimum Gasteiger partial charge on any atom is -0.508 e. The number of phenolic OH excluding ortho intramolecular Hbond substituents is 1. The highest BCUT2D eigenvalue weighted by Crippen LogP contribution is 2.27. The van der Waals surface area contributed by atoms with Crippen molar-refractivity contribution in [1.29, 1.82) is 0 Å². The molecule has 0 amide bonds. The summed E-state index contributed by atoms with van der Waals surface area (Å²) in [4.78, 5) is 0. The molecule has 1 N–H and O–H groups in total. The minimum absolute atomic E-state index is 0.0181. The van der Waals surface area contributed by atoms with Crippen LogP contribution < -0.4 is 4.74 Å². The summed E-state index contributed by atoms with van der Waals surface area (Å²) in [5.41, 5.74) is 6.81. The van der Waals surface area contributed by atoms with Crippen LogP contribution in [0, 0.1) is 13.8 Å². The predicted molar refractivity (Wildman–Crippen MR) is 109 cm³/mol. The second-order valence-corrected chi connectivity index (χ2v) is 7.26. The second-order valence-electron chi connectivity index (χ2n) is 6.74. The standard InChI is InChI=1S/C23H23O3P/c1-16-10-21(26-15-27-25)11-17(2)22(16)14-19-8-9-23(24)20(13-19)12-18-6-4-3-5-7-18/h3-11,13,24H,12,14-15H2,1-2H3. The van der Waals surface area contributed by atoms with E-state index in [0.29, 0.717) is 12.2 Å². The molecule has 27 heavy (non-hydrogen) atoms. The molecule has 0 fully saturated rings. The summed E-state index contributed by atoms with van der Waals surface area (Å²) < 4.78 is 16.1. The van der Waals surface area contributed by atoms with Gasteiger partial charge >= 0.3 is 0 Å². The van der Waals surface area contributed by atoms with Gasteiger partial charge in [-0.25, -0.2) is 0 Å². The number of hydrogen-bond acceptors (Lipinski definition) is 3. The Morgan fingerprint density at radius 3 is 2.26 bits per heavy atom. The van der Waals surface area contributed by atoms with E-state index in [1.54, 1.807) is 6.07 Å². The van der Waals surface area contributed by atoms with E-state index >= 15 is 0 Å². The van der Waals surface area contributed by atoms with Gasteiger partial charge in [-0.15, -0.1) is 0 Å². The highest BCUT2D eigenvalue weighted by molar-refractivity contribution is 7.23. The molecule has 3 aromatic carbocycles. The van der Waals surface area contributed by atoms with Crippen LogP contribution in [0.15, 0.2) is 60.7 Å². The first kappa shape index (κ1) is 19.1. The molecule has 138 valence electrons. The van der Waals surface area contributed by atoms with Gasteiger partial charge in [0.15, 0.2) is 14.8 Å². The maximum absolute atomic E-state index is 10.6. The van der Waals surface area contributed by atoms with Crippen LogP contribution in [0.2, 0.25) is 0 Å². The van der Waals surface area contributed by atoms with Gasteiger partial charge in [-0.1, -0.05) is 42.5 Å². The third kappa shape index (κ3) is 4.96. The molecule has 4 heteroatoms. The van der Waals surface area contributed by atoms with Gasteiger partial charge < -0.3 is 9.84 Å². The normalized spacial score (nSPS) is 10.9. The third-order valence-corrected chi connectivity index (χ3v) is 4.95. The lowest BCUT2D eigenvalue weighted by molar-refractivity contribution is 0.384. The Kier molecular flexibility index (Phi) is 6.26. The molecule has 0 saturated heterocycles. The Labute approximate surface area is 161 Å². The van der Waals surface area contributed by atoms with Crippen molar-refractivity contribution in [3.05, 3.63) is 94.0 Å². The molecule has 0 atom stereocenters. The molecule has 0 spiro atoms. The quantitative estimate of drug-likeness (QED) is 0.527. The van der Waals surface area contributed by atoms with Crippen LogP contribution in [0.3, 0.4) is 0 Å². The summed E-state index contributed by atoms with van der Waals surface area (Å²) in [6, 6.07) is 20.0. The highest BCUT2D eigenvalue weighted by atomic mass is 31.1. The Balaban J connectivity index is 1.83. The summed E-state index contributed by atoms with van der Waals surface area (Å²) >= 11 is 0. The number of aryl methyl sites for hydroxylation is 2. The van der Waals surface area contributed by atoms with Gasteiger partial charge in [0, 0.05) is 6.42 Å². The fourth-order valence-corrected chi connectivity index (χ4v) is 3.53.